The Morgan fingerprint density at radius 3 is 2.50 bits per heavy atom. The van der Waals surface area contributed by atoms with E-state index in [0.717, 1.165) is 12.0 Å². The van der Waals surface area contributed by atoms with Gasteiger partial charge in [-0.2, -0.15) is 0 Å². The van der Waals surface area contributed by atoms with Gasteiger partial charge in [0.15, 0.2) is 0 Å². The zero-order chi connectivity index (χ0) is 15.3. The summed E-state index contributed by atoms with van der Waals surface area (Å²) < 4.78 is 0. The van der Waals surface area contributed by atoms with Crippen molar-refractivity contribution < 1.29 is 14.7 Å². The van der Waals surface area contributed by atoms with Crippen LogP contribution in [0.1, 0.15) is 39.7 Å². The Labute approximate surface area is 120 Å². The molecule has 0 aliphatic rings. The van der Waals surface area contributed by atoms with Gasteiger partial charge in [0.1, 0.15) is 0 Å². The number of carboxylic acid groups (broad SMARTS) is 1. The molecule has 1 unspecified atom stereocenters. The predicted molar refractivity (Wildman–Crippen MR) is 79.6 cm³/mol. The van der Waals surface area contributed by atoms with Gasteiger partial charge in [0, 0.05) is 12.1 Å². The molecule has 110 valence electrons. The quantitative estimate of drug-likeness (QED) is 0.838. The Hall–Kier alpha value is -1.84. The fourth-order valence-electron chi connectivity index (χ4n) is 1.93. The van der Waals surface area contributed by atoms with Crippen molar-refractivity contribution in [2.24, 2.45) is 11.3 Å². The molecular formula is C16H23NO3. The lowest BCUT2D eigenvalue weighted by molar-refractivity contribution is -0.153. The number of nitrogens with one attached hydrogen (secondary N) is 1. The lowest BCUT2D eigenvalue weighted by Crippen LogP contribution is -2.37. The van der Waals surface area contributed by atoms with Crippen LogP contribution < -0.4 is 5.32 Å². The number of aryl methyl sites for hydroxylation is 1. The summed E-state index contributed by atoms with van der Waals surface area (Å²) in [5.41, 5.74) is 0.797. The predicted octanol–water partition coefficient (Wildman–Crippen LogP) is 3.32. The van der Waals surface area contributed by atoms with Crippen LogP contribution in [0.3, 0.4) is 0 Å². The van der Waals surface area contributed by atoms with E-state index in [0.29, 0.717) is 5.69 Å². The fraction of sp³-hybridized carbons (Fsp3) is 0.500. The van der Waals surface area contributed by atoms with E-state index in [9.17, 15) is 14.7 Å². The first kappa shape index (κ1) is 16.2. The van der Waals surface area contributed by atoms with Crippen LogP contribution in [0.5, 0.6) is 0 Å². The van der Waals surface area contributed by atoms with Gasteiger partial charge < -0.3 is 10.4 Å². The molecule has 0 aliphatic heterocycles. The smallest absolute Gasteiger partial charge is 0.310 e. The van der Waals surface area contributed by atoms with E-state index < -0.39 is 11.4 Å². The van der Waals surface area contributed by atoms with Gasteiger partial charge in [-0.1, -0.05) is 32.9 Å². The van der Waals surface area contributed by atoms with Gasteiger partial charge in [-0.3, -0.25) is 9.59 Å². The summed E-state index contributed by atoms with van der Waals surface area (Å²) in [5.74, 6) is -1.32. The molecule has 1 aromatic carbocycles. The molecule has 0 radical (unpaired) electrons. The van der Waals surface area contributed by atoms with Crippen molar-refractivity contribution in [1.82, 2.24) is 0 Å². The molecule has 0 heterocycles. The summed E-state index contributed by atoms with van der Waals surface area (Å²) in [6.07, 6.45) is 0.860. The second-order valence-electron chi connectivity index (χ2n) is 5.66. The van der Waals surface area contributed by atoms with Crippen LogP contribution in [-0.4, -0.2) is 17.0 Å². The molecule has 1 atom stereocenters. The Morgan fingerprint density at radius 2 is 2.00 bits per heavy atom. The van der Waals surface area contributed by atoms with Gasteiger partial charge in [-0.25, -0.2) is 0 Å². The van der Waals surface area contributed by atoms with Crippen LogP contribution in [0.15, 0.2) is 24.3 Å². The zero-order valence-corrected chi connectivity index (χ0v) is 12.6. The number of amides is 1. The van der Waals surface area contributed by atoms with Crippen molar-refractivity contribution >= 4 is 17.6 Å². The maximum atomic E-state index is 12.1. The van der Waals surface area contributed by atoms with Crippen LogP contribution in [0, 0.1) is 11.3 Å². The molecule has 0 saturated carbocycles. The molecule has 0 bridgehead atoms. The van der Waals surface area contributed by atoms with E-state index in [4.69, 9.17) is 0 Å². The molecule has 0 aromatic heterocycles. The molecule has 0 aliphatic carbocycles. The maximum absolute atomic E-state index is 12.1. The third kappa shape index (κ3) is 3.83. The molecule has 0 spiro atoms. The number of rotatable bonds is 6. The summed E-state index contributed by atoms with van der Waals surface area (Å²) >= 11 is 0. The number of hydrogen-bond donors (Lipinski definition) is 2. The Balaban J connectivity index is 2.78. The van der Waals surface area contributed by atoms with Crippen molar-refractivity contribution in [3.63, 3.8) is 0 Å². The van der Waals surface area contributed by atoms with Crippen molar-refractivity contribution in [2.45, 2.75) is 40.5 Å². The number of aliphatic carboxylic acids is 1. The van der Waals surface area contributed by atoms with E-state index in [1.165, 1.54) is 0 Å². The topological polar surface area (TPSA) is 66.4 Å². The molecule has 1 amide bonds. The average molecular weight is 277 g/mol. The first-order valence-electron chi connectivity index (χ1n) is 6.91. The molecule has 0 saturated heterocycles. The first-order chi connectivity index (χ1) is 9.29. The molecule has 2 N–H and O–H groups in total. The maximum Gasteiger partial charge on any atom is 0.310 e. The number of hydrogen-bond acceptors (Lipinski definition) is 2. The normalized spacial score (nSPS) is 13.8. The van der Waals surface area contributed by atoms with Crippen LogP contribution >= 0.6 is 0 Å². The van der Waals surface area contributed by atoms with E-state index in [-0.39, 0.29) is 18.2 Å². The summed E-state index contributed by atoms with van der Waals surface area (Å²) in [5, 5.41) is 12.1. The van der Waals surface area contributed by atoms with Gasteiger partial charge in [0.05, 0.1) is 5.41 Å². The molecule has 4 heteroatoms. The van der Waals surface area contributed by atoms with Crippen LogP contribution in [0.2, 0.25) is 0 Å². The number of carboxylic acids is 1. The van der Waals surface area contributed by atoms with E-state index in [1.807, 2.05) is 45.0 Å². The number of carbonyl (C=O) groups excluding carboxylic acids is 1. The van der Waals surface area contributed by atoms with Crippen molar-refractivity contribution in [2.75, 3.05) is 5.32 Å². The minimum atomic E-state index is -1.05. The first-order valence-corrected chi connectivity index (χ1v) is 6.91. The van der Waals surface area contributed by atoms with E-state index >= 15 is 0 Å². The minimum Gasteiger partial charge on any atom is -0.481 e. The number of carbonyl (C=O) groups is 2. The third-order valence-electron chi connectivity index (χ3n) is 3.91. The van der Waals surface area contributed by atoms with Crippen LogP contribution in [0.25, 0.3) is 0 Å². The van der Waals surface area contributed by atoms with Gasteiger partial charge in [-0.05, 0) is 37.0 Å². The average Bonchev–Trinajstić information content (AvgIpc) is 2.38. The monoisotopic (exact) mass is 277 g/mol. The number of benzene rings is 1. The summed E-state index contributed by atoms with van der Waals surface area (Å²) in [7, 11) is 0. The Bertz CT molecular complexity index is 496. The molecule has 1 rings (SSSR count). The van der Waals surface area contributed by atoms with Gasteiger partial charge in [0.2, 0.25) is 5.91 Å². The standard InChI is InChI=1S/C16H23NO3/c1-5-12-7-6-8-13(9-12)17-14(18)10-16(4,11(2)3)15(19)20/h6-9,11H,5,10H2,1-4H3,(H,17,18)(H,19,20). The minimum absolute atomic E-state index is 0.0314. The molecule has 4 nitrogen and oxygen atoms in total. The fourth-order valence-corrected chi connectivity index (χ4v) is 1.93. The molecule has 20 heavy (non-hydrogen) atoms. The largest absolute Gasteiger partial charge is 0.481 e. The van der Waals surface area contributed by atoms with Gasteiger partial charge in [0.25, 0.3) is 0 Å². The lowest BCUT2D eigenvalue weighted by Gasteiger charge is -2.28. The van der Waals surface area contributed by atoms with Crippen molar-refractivity contribution in [3.8, 4) is 0 Å². The second-order valence-corrected chi connectivity index (χ2v) is 5.66. The van der Waals surface area contributed by atoms with Crippen molar-refractivity contribution in [1.29, 1.82) is 0 Å². The van der Waals surface area contributed by atoms with E-state index in [1.54, 1.807) is 6.92 Å². The molecular weight excluding hydrogens is 254 g/mol. The third-order valence-corrected chi connectivity index (χ3v) is 3.91. The highest BCUT2D eigenvalue weighted by molar-refractivity contribution is 5.94. The number of anilines is 1. The Kier molecular flexibility index (Phi) is 5.31. The van der Waals surface area contributed by atoms with Crippen molar-refractivity contribution in [3.05, 3.63) is 29.8 Å². The highest BCUT2D eigenvalue weighted by Gasteiger charge is 2.38. The van der Waals surface area contributed by atoms with Crippen LogP contribution in [0.4, 0.5) is 5.69 Å². The summed E-state index contributed by atoms with van der Waals surface area (Å²) in [6, 6.07) is 7.59. The SMILES string of the molecule is CCc1cccc(NC(=O)CC(C)(C(=O)O)C(C)C)c1. The van der Waals surface area contributed by atoms with Gasteiger partial charge >= 0.3 is 5.97 Å². The second kappa shape index (κ2) is 6.55. The highest BCUT2D eigenvalue weighted by Crippen LogP contribution is 2.31. The summed E-state index contributed by atoms with van der Waals surface area (Å²) in [6.45, 7) is 7.29. The van der Waals surface area contributed by atoms with Gasteiger partial charge in [-0.15, -0.1) is 0 Å². The highest BCUT2D eigenvalue weighted by atomic mass is 16.4. The van der Waals surface area contributed by atoms with Crippen LogP contribution in [-0.2, 0) is 16.0 Å². The molecule has 0 fully saturated rings. The summed E-state index contributed by atoms with van der Waals surface area (Å²) in [4.78, 5) is 23.4. The Morgan fingerprint density at radius 1 is 1.35 bits per heavy atom. The van der Waals surface area contributed by atoms with E-state index in [2.05, 4.69) is 5.32 Å². The molecule has 1 aromatic rings. The lowest BCUT2D eigenvalue weighted by atomic mass is 9.76. The zero-order valence-electron chi connectivity index (χ0n) is 12.6.